The van der Waals surface area contributed by atoms with E-state index in [-0.39, 0.29) is 5.78 Å². The highest BCUT2D eigenvalue weighted by Gasteiger charge is 2.27. The van der Waals surface area contributed by atoms with Gasteiger partial charge in [-0.2, -0.15) is 5.10 Å². The lowest BCUT2D eigenvalue weighted by molar-refractivity contribution is -0.123. The summed E-state index contributed by atoms with van der Waals surface area (Å²) >= 11 is 3.50. The minimum atomic E-state index is -0.504. The van der Waals surface area contributed by atoms with E-state index in [0.717, 1.165) is 22.4 Å². The van der Waals surface area contributed by atoms with Gasteiger partial charge in [-0.15, -0.1) is 0 Å². The molecule has 17 heavy (non-hydrogen) atoms. The smallest absolute Gasteiger partial charge is 0.158 e. The van der Waals surface area contributed by atoms with Gasteiger partial charge in [-0.25, -0.2) is 0 Å². The van der Waals surface area contributed by atoms with Gasteiger partial charge in [0.25, 0.3) is 0 Å². The number of aryl methyl sites for hydroxylation is 2. The van der Waals surface area contributed by atoms with E-state index in [1.54, 1.807) is 7.05 Å². The molecule has 0 aliphatic carbocycles. The fourth-order valence-corrected chi connectivity index (χ4v) is 1.97. The fraction of sp³-hybridized carbons (Fsp3) is 0.667. The predicted molar refractivity (Wildman–Crippen MR) is 72.2 cm³/mol. The van der Waals surface area contributed by atoms with Gasteiger partial charge in [0.1, 0.15) is 0 Å². The molecule has 0 saturated carbocycles. The van der Waals surface area contributed by atoms with Gasteiger partial charge in [0, 0.05) is 6.54 Å². The van der Waals surface area contributed by atoms with Crippen molar-refractivity contribution in [2.24, 2.45) is 0 Å². The summed E-state index contributed by atoms with van der Waals surface area (Å²) in [5, 5.41) is 7.42. The minimum absolute atomic E-state index is 0.162. The predicted octanol–water partition coefficient (Wildman–Crippen LogP) is 2.08. The van der Waals surface area contributed by atoms with Crippen molar-refractivity contribution in [1.82, 2.24) is 15.1 Å². The van der Waals surface area contributed by atoms with Crippen LogP contribution in [0.15, 0.2) is 4.47 Å². The summed E-state index contributed by atoms with van der Waals surface area (Å²) in [5.74, 6) is 0.162. The van der Waals surface area contributed by atoms with Crippen LogP contribution >= 0.6 is 15.9 Å². The van der Waals surface area contributed by atoms with E-state index in [1.807, 2.05) is 32.4 Å². The normalized spacial score (nSPS) is 11.9. The second-order valence-corrected chi connectivity index (χ2v) is 5.43. The van der Waals surface area contributed by atoms with Crippen LogP contribution in [0.3, 0.4) is 0 Å². The Labute approximate surface area is 111 Å². The molecule has 1 rings (SSSR count). The van der Waals surface area contributed by atoms with Crippen molar-refractivity contribution < 1.29 is 4.79 Å². The summed E-state index contributed by atoms with van der Waals surface area (Å²) in [6, 6.07) is 0. The molecule has 0 aromatic carbocycles. The van der Waals surface area contributed by atoms with Gasteiger partial charge in [0.15, 0.2) is 5.78 Å². The Kier molecular flexibility index (Phi) is 4.49. The van der Waals surface area contributed by atoms with Crippen LogP contribution in [-0.2, 0) is 17.8 Å². The van der Waals surface area contributed by atoms with Crippen molar-refractivity contribution in [3.8, 4) is 0 Å². The highest BCUT2D eigenvalue weighted by atomic mass is 79.9. The second-order valence-electron chi connectivity index (χ2n) is 4.64. The van der Waals surface area contributed by atoms with E-state index in [9.17, 15) is 4.79 Å². The maximum absolute atomic E-state index is 12.2. The molecule has 0 bridgehead atoms. The first-order valence-electron chi connectivity index (χ1n) is 5.77. The number of hydrogen-bond donors (Lipinski definition) is 1. The van der Waals surface area contributed by atoms with Crippen molar-refractivity contribution in [3.05, 3.63) is 15.9 Å². The van der Waals surface area contributed by atoms with Crippen LogP contribution in [0.1, 0.15) is 32.2 Å². The number of carbonyl (C=O) groups is 1. The third-order valence-corrected chi connectivity index (χ3v) is 4.13. The zero-order chi connectivity index (χ0) is 13.2. The monoisotopic (exact) mass is 301 g/mol. The molecule has 0 aliphatic rings. The molecule has 0 spiro atoms. The zero-order valence-corrected chi connectivity index (χ0v) is 12.7. The number of ketones is 1. The van der Waals surface area contributed by atoms with E-state index < -0.39 is 5.54 Å². The largest absolute Gasteiger partial charge is 0.308 e. The lowest BCUT2D eigenvalue weighted by Gasteiger charge is -2.22. The maximum Gasteiger partial charge on any atom is 0.158 e. The third-order valence-electron chi connectivity index (χ3n) is 3.10. The molecule has 5 heteroatoms. The number of Topliss-reactive ketones (excluding diaryl/α,β-unsaturated/α-hetero) is 1. The van der Waals surface area contributed by atoms with Gasteiger partial charge < -0.3 is 5.32 Å². The second kappa shape index (κ2) is 5.31. The highest BCUT2D eigenvalue weighted by Crippen LogP contribution is 2.23. The quantitative estimate of drug-likeness (QED) is 0.906. The Morgan fingerprint density at radius 3 is 2.59 bits per heavy atom. The summed E-state index contributed by atoms with van der Waals surface area (Å²) in [7, 11) is 1.80. The van der Waals surface area contributed by atoms with E-state index >= 15 is 0 Å². The lowest BCUT2D eigenvalue weighted by Crippen LogP contribution is -2.45. The molecular formula is C12H20BrN3O. The van der Waals surface area contributed by atoms with Crippen molar-refractivity contribution in [2.75, 3.05) is 7.05 Å². The number of hydrogen-bond acceptors (Lipinski definition) is 3. The molecule has 0 atom stereocenters. The number of aromatic nitrogens is 2. The Bertz CT molecular complexity index is 424. The SMILES string of the molecule is CCn1nc(C)c(Br)c1CC(=O)C(C)(C)NC. The van der Waals surface area contributed by atoms with E-state index in [1.165, 1.54) is 0 Å². The third kappa shape index (κ3) is 2.96. The summed E-state index contributed by atoms with van der Waals surface area (Å²) in [6.45, 7) is 8.52. The summed E-state index contributed by atoms with van der Waals surface area (Å²) in [5.41, 5.74) is 1.38. The van der Waals surface area contributed by atoms with Gasteiger partial charge in [-0.1, -0.05) is 0 Å². The van der Waals surface area contributed by atoms with E-state index in [4.69, 9.17) is 0 Å². The van der Waals surface area contributed by atoms with Crippen LogP contribution in [0.4, 0.5) is 0 Å². The Hall–Kier alpha value is -0.680. The maximum atomic E-state index is 12.2. The molecule has 0 aliphatic heterocycles. The average molecular weight is 302 g/mol. The van der Waals surface area contributed by atoms with Crippen LogP contribution in [0, 0.1) is 6.92 Å². The number of halogens is 1. The van der Waals surface area contributed by atoms with Gasteiger partial charge in [0.2, 0.25) is 0 Å². The van der Waals surface area contributed by atoms with Gasteiger partial charge in [-0.3, -0.25) is 9.48 Å². The standard InChI is InChI=1S/C12H20BrN3O/c1-6-16-9(11(13)8(2)15-16)7-10(17)12(3,4)14-5/h14H,6-7H2,1-5H3. The van der Waals surface area contributed by atoms with Crippen molar-refractivity contribution in [1.29, 1.82) is 0 Å². The number of nitrogens with zero attached hydrogens (tertiary/aromatic N) is 2. The molecule has 0 amide bonds. The number of carbonyl (C=O) groups excluding carboxylic acids is 1. The number of nitrogens with one attached hydrogen (secondary N) is 1. The first kappa shape index (κ1) is 14.4. The van der Waals surface area contributed by atoms with Gasteiger partial charge in [0.05, 0.1) is 27.8 Å². The molecule has 0 radical (unpaired) electrons. The summed E-state index contributed by atoms with van der Waals surface area (Å²) in [6.07, 6.45) is 0.392. The number of likely N-dealkylation sites (N-methyl/N-ethyl adjacent to an activating group) is 1. The first-order chi connectivity index (χ1) is 7.83. The number of rotatable bonds is 5. The van der Waals surface area contributed by atoms with Crippen molar-refractivity contribution in [2.45, 2.75) is 46.2 Å². The van der Waals surface area contributed by atoms with E-state index in [2.05, 4.69) is 26.3 Å². The molecule has 0 unspecified atom stereocenters. The average Bonchev–Trinajstić information content (AvgIpc) is 2.56. The molecule has 1 aromatic rings. The topological polar surface area (TPSA) is 46.9 Å². The zero-order valence-electron chi connectivity index (χ0n) is 11.1. The minimum Gasteiger partial charge on any atom is -0.308 e. The summed E-state index contributed by atoms with van der Waals surface area (Å²) < 4.78 is 2.82. The Balaban J connectivity index is 2.99. The Morgan fingerprint density at radius 2 is 2.12 bits per heavy atom. The van der Waals surface area contributed by atoms with Crippen molar-refractivity contribution >= 4 is 21.7 Å². The molecule has 96 valence electrons. The van der Waals surface area contributed by atoms with Crippen LogP contribution in [0.25, 0.3) is 0 Å². The van der Waals surface area contributed by atoms with Gasteiger partial charge in [-0.05, 0) is 50.7 Å². The Morgan fingerprint density at radius 1 is 1.53 bits per heavy atom. The molecule has 1 aromatic heterocycles. The van der Waals surface area contributed by atoms with Crippen molar-refractivity contribution in [3.63, 3.8) is 0 Å². The van der Waals surface area contributed by atoms with Crippen LogP contribution in [0.2, 0.25) is 0 Å². The molecule has 0 saturated heterocycles. The molecular weight excluding hydrogens is 282 g/mol. The van der Waals surface area contributed by atoms with E-state index in [0.29, 0.717) is 6.42 Å². The highest BCUT2D eigenvalue weighted by molar-refractivity contribution is 9.10. The van der Waals surface area contributed by atoms with Crippen LogP contribution in [-0.4, -0.2) is 28.2 Å². The molecule has 1 N–H and O–H groups in total. The molecule has 1 heterocycles. The summed E-state index contributed by atoms with van der Waals surface area (Å²) in [4.78, 5) is 12.2. The molecule has 4 nitrogen and oxygen atoms in total. The molecule has 0 fully saturated rings. The lowest BCUT2D eigenvalue weighted by atomic mass is 9.96. The van der Waals surface area contributed by atoms with Crippen LogP contribution < -0.4 is 5.32 Å². The first-order valence-corrected chi connectivity index (χ1v) is 6.56. The van der Waals surface area contributed by atoms with Crippen LogP contribution in [0.5, 0.6) is 0 Å². The van der Waals surface area contributed by atoms with Gasteiger partial charge >= 0.3 is 0 Å². The fourth-order valence-electron chi connectivity index (χ4n) is 1.55.